The van der Waals surface area contributed by atoms with Gasteiger partial charge in [-0.15, -0.1) is 0 Å². The van der Waals surface area contributed by atoms with Gasteiger partial charge in [-0.2, -0.15) is 0 Å². The van der Waals surface area contributed by atoms with Crippen molar-refractivity contribution in [3.05, 3.63) is 76.3 Å². The Bertz CT molecular complexity index is 1140. The summed E-state index contributed by atoms with van der Waals surface area (Å²) in [5.74, 6) is 0.464. The molecule has 5 nitrogen and oxygen atoms in total. The normalized spacial score (nSPS) is 31.5. The number of para-hydroxylation sites is 1. The lowest BCUT2D eigenvalue weighted by Crippen LogP contribution is -2.45. The first-order valence-corrected chi connectivity index (χ1v) is 11.9. The Kier molecular flexibility index (Phi) is 4.44. The van der Waals surface area contributed by atoms with Crippen LogP contribution >= 0.6 is 15.9 Å². The van der Waals surface area contributed by atoms with Crippen molar-refractivity contribution in [2.24, 2.45) is 35.5 Å². The van der Waals surface area contributed by atoms with Gasteiger partial charge in [0.15, 0.2) is 0 Å². The van der Waals surface area contributed by atoms with Gasteiger partial charge in [0.2, 0.25) is 11.8 Å². The van der Waals surface area contributed by atoms with Crippen LogP contribution in [0, 0.1) is 42.4 Å². The molecule has 2 saturated carbocycles. The third kappa shape index (κ3) is 2.85. The molecule has 2 bridgehead atoms. The van der Waals surface area contributed by atoms with E-state index in [0.29, 0.717) is 23.1 Å². The van der Waals surface area contributed by atoms with E-state index in [1.165, 1.54) is 4.90 Å². The molecule has 6 atom stereocenters. The van der Waals surface area contributed by atoms with E-state index in [1.807, 2.05) is 43.3 Å². The second-order valence-corrected chi connectivity index (χ2v) is 10.3. The minimum absolute atomic E-state index is 0.0564. The lowest BCUT2D eigenvalue weighted by Gasteiger charge is -2.37. The van der Waals surface area contributed by atoms with Crippen LogP contribution in [0.1, 0.15) is 22.3 Å². The Labute approximate surface area is 195 Å². The average Bonchev–Trinajstić information content (AvgIpc) is 3.58. The summed E-state index contributed by atoms with van der Waals surface area (Å²) in [6.45, 7) is 1.88. The van der Waals surface area contributed by atoms with E-state index in [4.69, 9.17) is 0 Å². The van der Waals surface area contributed by atoms with Crippen LogP contribution in [-0.2, 0) is 9.59 Å². The van der Waals surface area contributed by atoms with Gasteiger partial charge in [0.05, 0.1) is 11.8 Å². The van der Waals surface area contributed by atoms with Crippen molar-refractivity contribution in [1.82, 2.24) is 4.90 Å². The number of aryl methyl sites for hydroxylation is 1. The molecular weight excluding hydrogens is 468 g/mol. The molecule has 162 valence electrons. The highest BCUT2D eigenvalue weighted by molar-refractivity contribution is 9.10. The summed E-state index contributed by atoms with van der Waals surface area (Å²) >= 11 is 3.41. The first-order valence-electron chi connectivity index (χ1n) is 11.1. The zero-order valence-corrected chi connectivity index (χ0v) is 19.2. The summed E-state index contributed by atoms with van der Waals surface area (Å²) in [4.78, 5) is 43.5. The lowest BCUT2D eigenvalue weighted by molar-refractivity contribution is -0.140. The number of allylic oxidation sites excluding steroid dienone is 2. The van der Waals surface area contributed by atoms with Crippen LogP contribution in [0.5, 0.6) is 0 Å². The number of likely N-dealkylation sites (tertiary alicyclic amines) is 1. The second-order valence-electron chi connectivity index (χ2n) is 9.43. The molecule has 32 heavy (non-hydrogen) atoms. The number of anilines is 1. The highest BCUT2D eigenvalue weighted by atomic mass is 79.9. The van der Waals surface area contributed by atoms with Gasteiger partial charge in [0.25, 0.3) is 5.91 Å². The molecule has 5 aliphatic rings. The van der Waals surface area contributed by atoms with Crippen molar-refractivity contribution in [2.45, 2.75) is 13.3 Å². The molecule has 0 N–H and O–H groups in total. The first-order chi connectivity index (χ1) is 15.5. The molecule has 6 unspecified atom stereocenters. The summed E-state index contributed by atoms with van der Waals surface area (Å²) in [7, 11) is 0. The van der Waals surface area contributed by atoms with Gasteiger partial charge in [-0.25, -0.2) is 0 Å². The molecular formula is C26H23BrN2O3. The molecule has 4 aliphatic carbocycles. The van der Waals surface area contributed by atoms with Crippen molar-refractivity contribution >= 4 is 39.3 Å². The quantitative estimate of drug-likeness (QED) is 0.470. The van der Waals surface area contributed by atoms with Gasteiger partial charge in [0, 0.05) is 15.7 Å². The van der Waals surface area contributed by atoms with Crippen LogP contribution in [0.2, 0.25) is 0 Å². The number of carbonyl (C=O) groups is 3. The van der Waals surface area contributed by atoms with Gasteiger partial charge >= 0.3 is 0 Å². The highest BCUT2D eigenvalue weighted by Gasteiger charge is 2.67. The molecule has 3 amide bonds. The topological polar surface area (TPSA) is 57.7 Å². The largest absolute Gasteiger partial charge is 0.289 e. The van der Waals surface area contributed by atoms with E-state index < -0.39 is 0 Å². The summed E-state index contributed by atoms with van der Waals surface area (Å²) in [5, 5.41) is 0. The van der Waals surface area contributed by atoms with Crippen LogP contribution in [0.25, 0.3) is 0 Å². The summed E-state index contributed by atoms with van der Waals surface area (Å²) < 4.78 is 0.881. The van der Waals surface area contributed by atoms with E-state index in [9.17, 15) is 14.4 Å². The minimum atomic E-state index is -0.261. The fraction of sp³-hybridized carbons (Fsp3) is 0.346. The standard InChI is InChI=1S/C26H23BrN2O3/c1-14-4-2-3-5-21(14)28(24(30)15-6-8-16(27)9-7-15)13-29-25(31)22-17-10-11-18(20-12-19(17)20)23(22)26(29)32/h2-11,17-20,22-23H,12-13H2,1H3. The Balaban J connectivity index is 1.35. The van der Waals surface area contributed by atoms with E-state index in [2.05, 4.69) is 28.1 Å². The number of benzene rings is 2. The maximum Gasteiger partial charge on any atom is 0.259 e. The van der Waals surface area contributed by atoms with Crippen molar-refractivity contribution in [2.75, 3.05) is 11.6 Å². The molecule has 1 aliphatic heterocycles. The van der Waals surface area contributed by atoms with Crippen molar-refractivity contribution < 1.29 is 14.4 Å². The summed E-state index contributed by atoms with van der Waals surface area (Å²) in [6, 6.07) is 14.7. The van der Waals surface area contributed by atoms with Gasteiger partial charge in [-0.3, -0.25) is 24.2 Å². The number of halogens is 1. The first kappa shape index (κ1) is 19.9. The lowest BCUT2D eigenvalue weighted by atomic mass is 9.63. The smallest absolute Gasteiger partial charge is 0.259 e. The Hall–Kier alpha value is -2.73. The zero-order valence-electron chi connectivity index (χ0n) is 17.6. The molecule has 0 radical (unpaired) electrons. The van der Waals surface area contributed by atoms with Crippen LogP contribution in [0.15, 0.2) is 65.2 Å². The van der Waals surface area contributed by atoms with Crippen LogP contribution in [-0.4, -0.2) is 29.3 Å². The van der Waals surface area contributed by atoms with Crippen LogP contribution in [0.3, 0.4) is 0 Å². The predicted molar refractivity (Wildman–Crippen MR) is 124 cm³/mol. The van der Waals surface area contributed by atoms with Gasteiger partial charge in [0.1, 0.15) is 6.67 Å². The van der Waals surface area contributed by atoms with Gasteiger partial charge in [-0.05, 0) is 72.9 Å². The number of imide groups is 1. The zero-order chi connectivity index (χ0) is 22.1. The highest BCUT2D eigenvalue weighted by Crippen LogP contribution is 2.65. The molecule has 1 saturated heterocycles. The van der Waals surface area contributed by atoms with Crippen molar-refractivity contribution in [1.29, 1.82) is 0 Å². The SMILES string of the molecule is Cc1ccccc1N(CN1C(=O)C2C3C=CC(C4CC34)C2C1=O)C(=O)c1ccc(Br)cc1. The summed E-state index contributed by atoms with van der Waals surface area (Å²) in [6.07, 6.45) is 5.47. The van der Waals surface area contributed by atoms with E-state index in [-0.39, 0.29) is 48.1 Å². The number of hydrogen-bond acceptors (Lipinski definition) is 3. The van der Waals surface area contributed by atoms with Crippen molar-refractivity contribution in [3.63, 3.8) is 0 Å². The second kappa shape index (κ2) is 7.14. The molecule has 1 heterocycles. The Morgan fingerprint density at radius 3 is 2.16 bits per heavy atom. The fourth-order valence-electron chi connectivity index (χ4n) is 6.16. The summed E-state index contributed by atoms with van der Waals surface area (Å²) in [5.41, 5.74) is 2.13. The molecule has 3 fully saturated rings. The van der Waals surface area contributed by atoms with Crippen molar-refractivity contribution in [3.8, 4) is 0 Å². The number of carbonyl (C=O) groups excluding carboxylic acids is 3. The van der Waals surface area contributed by atoms with E-state index >= 15 is 0 Å². The number of nitrogens with zero attached hydrogens (tertiary/aromatic N) is 2. The third-order valence-electron chi connectivity index (χ3n) is 7.78. The number of amides is 3. The van der Waals surface area contributed by atoms with Crippen LogP contribution in [0.4, 0.5) is 5.69 Å². The van der Waals surface area contributed by atoms with Gasteiger partial charge < -0.3 is 0 Å². The predicted octanol–water partition coefficient (Wildman–Crippen LogP) is 4.41. The molecule has 2 aromatic rings. The van der Waals surface area contributed by atoms with E-state index in [1.54, 1.807) is 17.0 Å². The Morgan fingerprint density at radius 2 is 1.56 bits per heavy atom. The number of rotatable bonds is 4. The van der Waals surface area contributed by atoms with Crippen LogP contribution < -0.4 is 4.90 Å². The molecule has 6 heteroatoms. The van der Waals surface area contributed by atoms with E-state index in [0.717, 1.165) is 16.5 Å². The third-order valence-corrected chi connectivity index (χ3v) is 8.31. The average molecular weight is 491 g/mol. The number of hydrogen-bond donors (Lipinski definition) is 0. The molecule has 7 rings (SSSR count). The molecule has 0 aromatic heterocycles. The minimum Gasteiger partial charge on any atom is -0.289 e. The molecule has 2 aromatic carbocycles. The maximum atomic E-state index is 13.6. The monoisotopic (exact) mass is 490 g/mol. The fourth-order valence-corrected chi connectivity index (χ4v) is 6.43. The molecule has 0 spiro atoms. The maximum absolute atomic E-state index is 13.6. The van der Waals surface area contributed by atoms with Gasteiger partial charge in [-0.1, -0.05) is 46.3 Å². The Morgan fingerprint density at radius 1 is 0.969 bits per heavy atom.